The lowest BCUT2D eigenvalue weighted by atomic mass is 9.99. The number of halogens is 1. The number of fused-ring (bicyclic) bond motifs is 1. The van der Waals surface area contributed by atoms with Gasteiger partial charge in [-0.15, -0.1) is 0 Å². The monoisotopic (exact) mass is 299 g/mol. The molecule has 0 unspecified atom stereocenters. The molecule has 2 nitrogen and oxygen atoms in total. The summed E-state index contributed by atoms with van der Waals surface area (Å²) in [4.78, 5) is 14.6. The SMILES string of the molecule is Cc1cc(C(=O)CN2CCc3ccccc3C2)ccc1Cl. The molecule has 1 heterocycles. The second-order valence-electron chi connectivity index (χ2n) is 5.62. The molecule has 108 valence electrons. The van der Waals surface area contributed by atoms with Crippen LogP contribution in [0.1, 0.15) is 27.0 Å². The van der Waals surface area contributed by atoms with Crippen molar-refractivity contribution in [2.24, 2.45) is 0 Å². The van der Waals surface area contributed by atoms with E-state index in [4.69, 9.17) is 11.6 Å². The first-order chi connectivity index (χ1) is 10.1. The third kappa shape index (κ3) is 3.17. The van der Waals surface area contributed by atoms with E-state index in [1.165, 1.54) is 11.1 Å². The van der Waals surface area contributed by atoms with Gasteiger partial charge in [0.2, 0.25) is 0 Å². The fourth-order valence-corrected chi connectivity index (χ4v) is 2.92. The molecule has 3 rings (SSSR count). The number of hydrogen-bond donors (Lipinski definition) is 0. The number of ketones is 1. The molecular formula is C18H18ClNO. The second-order valence-corrected chi connectivity index (χ2v) is 6.02. The summed E-state index contributed by atoms with van der Waals surface area (Å²) in [6.07, 6.45) is 1.02. The van der Waals surface area contributed by atoms with Crippen LogP contribution in [0.2, 0.25) is 5.02 Å². The molecule has 2 aromatic rings. The van der Waals surface area contributed by atoms with Crippen LogP contribution in [-0.2, 0) is 13.0 Å². The molecule has 1 aliphatic heterocycles. The van der Waals surface area contributed by atoms with Crippen molar-refractivity contribution in [3.63, 3.8) is 0 Å². The zero-order valence-corrected chi connectivity index (χ0v) is 12.9. The third-order valence-electron chi connectivity index (χ3n) is 4.06. The maximum atomic E-state index is 12.4. The van der Waals surface area contributed by atoms with Crippen molar-refractivity contribution in [2.75, 3.05) is 13.1 Å². The Morgan fingerprint density at radius 2 is 1.95 bits per heavy atom. The van der Waals surface area contributed by atoms with E-state index in [9.17, 15) is 4.79 Å². The number of nitrogens with zero attached hydrogens (tertiary/aromatic N) is 1. The summed E-state index contributed by atoms with van der Waals surface area (Å²) in [6, 6.07) is 14.0. The predicted octanol–water partition coefficient (Wildman–Crippen LogP) is 3.89. The third-order valence-corrected chi connectivity index (χ3v) is 4.48. The minimum Gasteiger partial charge on any atom is -0.293 e. The first-order valence-corrected chi connectivity index (χ1v) is 7.60. The molecule has 0 aromatic heterocycles. The van der Waals surface area contributed by atoms with Crippen LogP contribution in [0.5, 0.6) is 0 Å². The highest BCUT2D eigenvalue weighted by Gasteiger charge is 2.18. The smallest absolute Gasteiger partial charge is 0.176 e. The number of rotatable bonds is 3. The molecule has 0 N–H and O–H groups in total. The summed E-state index contributed by atoms with van der Waals surface area (Å²) < 4.78 is 0. The number of carbonyl (C=O) groups is 1. The zero-order chi connectivity index (χ0) is 14.8. The lowest BCUT2D eigenvalue weighted by molar-refractivity contribution is 0.0921. The van der Waals surface area contributed by atoms with E-state index in [1.54, 1.807) is 6.07 Å². The minimum absolute atomic E-state index is 0.161. The Hall–Kier alpha value is -1.64. The van der Waals surface area contributed by atoms with Crippen molar-refractivity contribution < 1.29 is 4.79 Å². The van der Waals surface area contributed by atoms with Gasteiger partial charge in [0.1, 0.15) is 0 Å². The fraction of sp³-hybridized carbons (Fsp3) is 0.278. The van der Waals surface area contributed by atoms with Crippen molar-refractivity contribution in [1.82, 2.24) is 4.90 Å². The number of Topliss-reactive ketones (excluding diaryl/α,β-unsaturated/α-hetero) is 1. The Balaban J connectivity index is 1.70. The molecule has 0 radical (unpaired) electrons. The number of benzene rings is 2. The van der Waals surface area contributed by atoms with Crippen molar-refractivity contribution in [3.8, 4) is 0 Å². The van der Waals surface area contributed by atoms with E-state index in [0.717, 1.165) is 30.6 Å². The van der Waals surface area contributed by atoms with Gasteiger partial charge in [-0.2, -0.15) is 0 Å². The quantitative estimate of drug-likeness (QED) is 0.801. The molecule has 3 heteroatoms. The number of aryl methyl sites for hydroxylation is 1. The molecule has 0 saturated carbocycles. The maximum absolute atomic E-state index is 12.4. The van der Waals surface area contributed by atoms with Crippen molar-refractivity contribution in [3.05, 3.63) is 69.7 Å². The van der Waals surface area contributed by atoms with Gasteiger partial charge in [0.05, 0.1) is 6.54 Å². The van der Waals surface area contributed by atoms with Gasteiger partial charge in [-0.05, 0) is 48.2 Å². The van der Waals surface area contributed by atoms with Gasteiger partial charge in [0.25, 0.3) is 0 Å². The normalized spacial score (nSPS) is 14.8. The lowest BCUT2D eigenvalue weighted by Gasteiger charge is -2.28. The van der Waals surface area contributed by atoms with Crippen molar-refractivity contribution in [2.45, 2.75) is 19.9 Å². The molecule has 0 atom stereocenters. The van der Waals surface area contributed by atoms with Gasteiger partial charge in [0, 0.05) is 23.7 Å². The Morgan fingerprint density at radius 3 is 2.71 bits per heavy atom. The Bertz CT molecular complexity index is 681. The summed E-state index contributed by atoms with van der Waals surface area (Å²) in [7, 11) is 0. The Kier molecular flexibility index (Phi) is 4.09. The fourth-order valence-electron chi connectivity index (χ4n) is 2.80. The average molecular weight is 300 g/mol. The van der Waals surface area contributed by atoms with E-state index in [-0.39, 0.29) is 5.78 Å². The predicted molar refractivity (Wildman–Crippen MR) is 85.9 cm³/mol. The van der Waals surface area contributed by atoms with Crippen LogP contribution in [-0.4, -0.2) is 23.8 Å². The molecule has 1 aliphatic rings. The van der Waals surface area contributed by atoms with Crippen LogP contribution in [0.15, 0.2) is 42.5 Å². The molecule has 0 aliphatic carbocycles. The highest BCUT2D eigenvalue weighted by molar-refractivity contribution is 6.31. The number of hydrogen-bond acceptors (Lipinski definition) is 2. The topological polar surface area (TPSA) is 20.3 Å². The van der Waals surface area contributed by atoms with Gasteiger partial charge < -0.3 is 0 Å². The van der Waals surface area contributed by atoms with Gasteiger partial charge in [0.15, 0.2) is 5.78 Å². The Morgan fingerprint density at radius 1 is 1.19 bits per heavy atom. The Labute approximate surface area is 130 Å². The van der Waals surface area contributed by atoms with E-state index in [1.807, 2.05) is 19.1 Å². The van der Waals surface area contributed by atoms with Gasteiger partial charge in [-0.1, -0.05) is 35.9 Å². The molecule has 0 amide bonds. The van der Waals surface area contributed by atoms with Crippen LogP contribution < -0.4 is 0 Å². The average Bonchev–Trinajstić information content (AvgIpc) is 2.50. The summed E-state index contributed by atoms with van der Waals surface area (Å²) in [5.74, 6) is 0.161. The molecule has 0 fully saturated rings. The largest absolute Gasteiger partial charge is 0.293 e. The lowest BCUT2D eigenvalue weighted by Crippen LogP contribution is -2.34. The maximum Gasteiger partial charge on any atom is 0.176 e. The molecule has 21 heavy (non-hydrogen) atoms. The van der Waals surface area contributed by atoms with Crippen LogP contribution in [0, 0.1) is 6.92 Å². The first kappa shape index (κ1) is 14.3. The van der Waals surface area contributed by atoms with Crippen molar-refractivity contribution >= 4 is 17.4 Å². The summed E-state index contributed by atoms with van der Waals surface area (Å²) in [5.41, 5.74) is 4.44. The van der Waals surface area contributed by atoms with Gasteiger partial charge in [-0.25, -0.2) is 0 Å². The van der Waals surface area contributed by atoms with Crippen LogP contribution >= 0.6 is 11.6 Å². The van der Waals surface area contributed by atoms with E-state index < -0.39 is 0 Å². The molecule has 0 spiro atoms. The molecule has 0 saturated heterocycles. The van der Waals surface area contributed by atoms with Crippen LogP contribution in [0.3, 0.4) is 0 Å². The van der Waals surface area contributed by atoms with E-state index >= 15 is 0 Å². The summed E-state index contributed by atoms with van der Waals surface area (Å²) in [6.45, 7) is 4.19. The summed E-state index contributed by atoms with van der Waals surface area (Å²) >= 11 is 6.01. The van der Waals surface area contributed by atoms with Crippen LogP contribution in [0.25, 0.3) is 0 Å². The number of carbonyl (C=O) groups excluding carboxylic acids is 1. The minimum atomic E-state index is 0.161. The second kappa shape index (κ2) is 6.00. The molecule has 2 aromatic carbocycles. The molecular weight excluding hydrogens is 282 g/mol. The first-order valence-electron chi connectivity index (χ1n) is 7.22. The summed E-state index contributed by atoms with van der Waals surface area (Å²) in [5, 5.41) is 0.707. The van der Waals surface area contributed by atoms with Gasteiger partial charge >= 0.3 is 0 Å². The van der Waals surface area contributed by atoms with E-state index in [0.29, 0.717) is 11.6 Å². The zero-order valence-electron chi connectivity index (χ0n) is 12.1. The standard InChI is InChI=1S/C18H18ClNO/c1-13-10-15(6-7-17(13)19)18(21)12-20-9-8-14-4-2-3-5-16(14)11-20/h2-7,10H,8-9,11-12H2,1H3. The highest BCUT2D eigenvalue weighted by Crippen LogP contribution is 2.20. The van der Waals surface area contributed by atoms with E-state index in [2.05, 4.69) is 29.2 Å². The highest BCUT2D eigenvalue weighted by atomic mass is 35.5. The molecule has 0 bridgehead atoms. The van der Waals surface area contributed by atoms with Crippen LogP contribution in [0.4, 0.5) is 0 Å². The van der Waals surface area contributed by atoms with Crippen molar-refractivity contribution in [1.29, 1.82) is 0 Å². The van der Waals surface area contributed by atoms with Gasteiger partial charge in [-0.3, -0.25) is 9.69 Å².